The Hall–Kier alpha value is -0.200. The van der Waals surface area contributed by atoms with E-state index in [-0.39, 0.29) is 6.61 Å². The Kier molecular flexibility index (Phi) is 4.77. The summed E-state index contributed by atoms with van der Waals surface area (Å²) in [6, 6.07) is 0. The number of aliphatic hydroxyl groups excluding tert-OH is 3. The van der Waals surface area contributed by atoms with Crippen LogP contribution in [0.25, 0.3) is 0 Å². The van der Waals surface area contributed by atoms with Crippen LogP contribution in [0.5, 0.6) is 0 Å². The number of hydrogen-bond acceptors (Lipinski definition) is 5. The molecule has 0 unspecified atom stereocenters. The maximum atomic E-state index is 9.45. The van der Waals surface area contributed by atoms with E-state index in [9.17, 15) is 10.2 Å². The minimum atomic E-state index is -1.07. The fourth-order valence-electron chi connectivity index (χ4n) is 1.35. The van der Waals surface area contributed by atoms with Crippen LogP contribution < -0.4 is 0 Å². The number of rotatable bonds is 5. The van der Waals surface area contributed by atoms with Crippen LogP contribution in [0.15, 0.2) is 0 Å². The fraction of sp³-hybridized carbons (Fsp3) is 1.00. The van der Waals surface area contributed by atoms with Gasteiger partial charge in [0.25, 0.3) is 0 Å². The van der Waals surface area contributed by atoms with Crippen molar-refractivity contribution in [2.24, 2.45) is 0 Å². The van der Waals surface area contributed by atoms with E-state index in [0.717, 1.165) is 12.8 Å². The van der Waals surface area contributed by atoms with E-state index in [4.69, 9.17) is 14.6 Å². The number of aliphatic hydroxyl groups is 3. The second-order valence-corrected chi connectivity index (χ2v) is 3.43. The van der Waals surface area contributed by atoms with Crippen molar-refractivity contribution in [3.8, 4) is 0 Å². The molecule has 0 saturated carbocycles. The van der Waals surface area contributed by atoms with Crippen molar-refractivity contribution in [1.29, 1.82) is 0 Å². The molecule has 1 aliphatic rings. The van der Waals surface area contributed by atoms with Gasteiger partial charge in [-0.2, -0.15) is 0 Å². The summed E-state index contributed by atoms with van der Waals surface area (Å²) in [4.78, 5) is 0. The van der Waals surface area contributed by atoms with Gasteiger partial charge in [0.1, 0.15) is 18.3 Å². The highest BCUT2D eigenvalue weighted by Crippen LogP contribution is 2.21. The number of ether oxygens (including phenoxy) is 2. The van der Waals surface area contributed by atoms with Crippen LogP contribution in [0.3, 0.4) is 0 Å². The van der Waals surface area contributed by atoms with Crippen LogP contribution in [0.2, 0.25) is 0 Å². The molecule has 5 heteroatoms. The maximum Gasteiger partial charge on any atom is 0.186 e. The summed E-state index contributed by atoms with van der Waals surface area (Å²) in [7, 11) is 0. The molecule has 0 amide bonds. The topological polar surface area (TPSA) is 79.2 Å². The quantitative estimate of drug-likeness (QED) is 0.515. The summed E-state index contributed by atoms with van der Waals surface area (Å²) in [5, 5.41) is 27.6. The van der Waals surface area contributed by atoms with Crippen LogP contribution in [-0.2, 0) is 9.47 Å². The predicted octanol–water partition coefficient (Wildman–Crippen LogP) is -0.758. The summed E-state index contributed by atoms with van der Waals surface area (Å²) >= 11 is 0. The summed E-state index contributed by atoms with van der Waals surface area (Å²) in [5.74, 6) is 0. The maximum absolute atomic E-state index is 9.45. The molecule has 0 bridgehead atoms. The fourth-order valence-corrected chi connectivity index (χ4v) is 1.35. The molecule has 3 N–H and O–H groups in total. The zero-order valence-electron chi connectivity index (χ0n) is 8.30. The zero-order chi connectivity index (χ0) is 10.6. The summed E-state index contributed by atoms with van der Waals surface area (Å²) in [6.45, 7) is 2.20. The molecule has 1 rings (SSSR count). The first-order chi connectivity index (χ1) is 6.70. The van der Waals surface area contributed by atoms with Crippen molar-refractivity contribution >= 4 is 0 Å². The van der Waals surface area contributed by atoms with Crippen molar-refractivity contribution < 1.29 is 24.8 Å². The van der Waals surface area contributed by atoms with Gasteiger partial charge in [0.2, 0.25) is 0 Å². The molecule has 0 spiro atoms. The number of unbranched alkanes of at least 4 members (excludes halogenated alkanes) is 1. The van der Waals surface area contributed by atoms with Gasteiger partial charge in [0.15, 0.2) is 6.29 Å². The Morgan fingerprint density at radius 3 is 2.50 bits per heavy atom. The Morgan fingerprint density at radius 1 is 1.29 bits per heavy atom. The van der Waals surface area contributed by atoms with E-state index < -0.39 is 24.6 Å². The van der Waals surface area contributed by atoms with Gasteiger partial charge in [-0.15, -0.1) is 0 Å². The van der Waals surface area contributed by atoms with Crippen molar-refractivity contribution in [1.82, 2.24) is 0 Å². The van der Waals surface area contributed by atoms with Crippen LogP contribution in [0, 0.1) is 0 Å². The minimum Gasteiger partial charge on any atom is -0.394 e. The van der Waals surface area contributed by atoms with Crippen LogP contribution in [0.4, 0.5) is 0 Å². The van der Waals surface area contributed by atoms with E-state index >= 15 is 0 Å². The standard InChI is InChI=1S/C9H18O5/c1-2-3-4-13-9-8(12)7(11)6(5-10)14-9/h6-12H,2-5H2,1H3/t6-,7+,8-,9-/m1/s1. The minimum absolute atomic E-state index is 0.314. The Labute approximate surface area is 83.3 Å². The van der Waals surface area contributed by atoms with Gasteiger partial charge in [-0.3, -0.25) is 0 Å². The first-order valence-electron chi connectivity index (χ1n) is 4.94. The molecule has 0 radical (unpaired) electrons. The molecule has 1 heterocycles. The van der Waals surface area contributed by atoms with E-state index in [1.807, 2.05) is 6.92 Å². The second kappa shape index (κ2) is 5.63. The Balaban J connectivity index is 2.32. The van der Waals surface area contributed by atoms with Gasteiger partial charge >= 0.3 is 0 Å². The lowest BCUT2D eigenvalue weighted by atomic mass is 10.1. The van der Waals surface area contributed by atoms with Crippen LogP contribution in [0.1, 0.15) is 19.8 Å². The van der Waals surface area contributed by atoms with Crippen LogP contribution >= 0.6 is 0 Å². The molecule has 1 aliphatic heterocycles. The first-order valence-corrected chi connectivity index (χ1v) is 4.94. The third-order valence-corrected chi connectivity index (χ3v) is 2.28. The lowest BCUT2D eigenvalue weighted by molar-refractivity contribution is -0.169. The van der Waals surface area contributed by atoms with Crippen molar-refractivity contribution in [3.05, 3.63) is 0 Å². The third-order valence-electron chi connectivity index (χ3n) is 2.28. The highest BCUT2D eigenvalue weighted by Gasteiger charge is 2.42. The molecule has 0 aromatic heterocycles. The highest BCUT2D eigenvalue weighted by atomic mass is 16.7. The van der Waals surface area contributed by atoms with Gasteiger partial charge in [-0.1, -0.05) is 13.3 Å². The molecule has 14 heavy (non-hydrogen) atoms. The Morgan fingerprint density at radius 2 is 2.00 bits per heavy atom. The summed E-state index contributed by atoms with van der Waals surface area (Å²) in [5.41, 5.74) is 0. The molecule has 1 fully saturated rings. The van der Waals surface area contributed by atoms with E-state index in [1.165, 1.54) is 0 Å². The normalized spacial score (nSPS) is 37.7. The third kappa shape index (κ3) is 2.65. The van der Waals surface area contributed by atoms with Gasteiger partial charge in [0, 0.05) is 6.61 Å². The molecule has 0 aliphatic carbocycles. The lowest BCUT2D eigenvalue weighted by Crippen LogP contribution is -2.34. The van der Waals surface area contributed by atoms with Gasteiger partial charge in [0.05, 0.1) is 6.61 Å². The molecule has 1 saturated heterocycles. The van der Waals surface area contributed by atoms with E-state index in [1.54, 1.807) is 0 Å². The molecular weight excluding hydrogens is 188 g/mol. The highest BCUT2D eigenvalue weighted by molar-refractivity contribution is 4.86. The van der Waals surface area contributed by atoms with Crippen molar-refractivity contribution in [2.45, 2.75) is 44.4 Å². The average molecular weight is 206 g/mol. The average Bonchev–Trinajstić information content (AvgIpc) is 2.46. The SMILES string of the molecule is CCCCO[C@@H]1O[C@H](CO)[C@H](O)[C@H]1O. The predicted molar refractivity (Wildman–Crippen MR) is 48.6 cm³/mol. The monoisotopic (exact) mass is 206 g/mol. The zero-order valence-corrected chi connectivity index (χ0v) is 8.30. The number of hydrogen-bond donors (Lipinski definition) is 3. The smallest absolute Gasteiger partial charge is 0.186 e. The van der Waals surface area contributed by atoms with E-state index in [2.05, 4.69) is 0 Å². The van der Waals surface area contributed by atoms with E-state index in [0.29, 0.717) is 6.61 Å². The lowest BCUT2D eigenvalue weighted by Gasteiger charge is -2.14. The molecule has 0 aromatic carbocycles. The Bertz CT molecular complexity index is 163. The molecule has 4 atom stereocenters. The largest absolute Gasteiger partial charge is 0.394 e. The van der Waals surface area contributed by atoms with Crippen molar-refractivity contribution in [2.75, 3.05) is 13.2 Å². The first kappa shape index (κ1) is 11.9. The second-order valence-electron chi connectivity index (χ2n) is 3.43. The molecule has 84 valence electrons. The van der Waals surface area contributed by atoms with Crippen LogP contribution in [-0.4, -0.2) is 53.1 Å². The molecule has 5 nitrogen and oxygen atoms in total. The summed E-state index contributed by atoms with van der Waals surface area (Å²) < 4.78 is 10.3. The van der Waals surface area contributed by atoms with Gasteiger partial charge in [-0.25, -0.2) is 0 Å². The summed E-state index contributed by atoms with van der Waals surface area (Å²) in [6.07, 6.45) is -1.80. The van der Waals surface area contributed by atoms with Gasteiger partial charge in [-0.05, 0) is 6.42 Å². The molecular formula is C9H18O5. The van der Waals surface area contributed by atoms with Crippen molar-refractivity contribution in [3.63, 3.8) is 0 Å². The van der Waals surface area contributed by atoms with Gasteiger partial charge < -0.3 is 24.8 Å². The molecule has 0 aromatic rings.